The van der Waals surface area contributed by atoms with E-state index < -0.39 is 6.04 Å². The summed E-state index contributed by atoms with van der Waals surface area (Å²) >= 11 is 1.83. The summed E-state index contributed by atoms with van der Waals surface area (Å²) in [6.45, 7) is 1.63. The van der Waals surface area contributed by atoms with E-state index >= 15 is 0 Å². The first-order chi connectivity index (χ1) is 17.0. The number of likely N-dealkylation sites (tertiary alicyclic amines) is 1. The van der Waals surface area contributed by atoms with E-state index in [2.05, 4.69) is 11.4 Å². The van der Waals surface area contributed by atoms with E-state index in [0.717, 1.165) is 27.7 Å². The molecule has 0 aromatic heterocycles. The van der Waals surface area contributed by atoms with Crippen LogP contribution in [0.5, 0.6) is 0 Å². The van der Waals surface area contributed by atoms with Gasteiger partial charge >= 0.3 is 0 Å². The van der Waals surface area contributed by atoms with E-state index in [9.17, 15) is 14.4 Å². The quantitative estimate of drug-likeness (QED) is 0.271. The van der Waals surface area contributed by atoms with Gasteiger partial charge in [0, 0.05) is 36.5 Å². The van der Waals surface area contributed by atoms with Crippen LogP contribution in [0.25, 0.3) is 0 Å². The van der Waals surface area contributed by atoms with Gasteiger partial charge in [0.05, 0.1) is 0 Å². The van der Waals surface area contributed by atoms with Crippen LogP contribution in [0.3, 0.4) is 0 Å². The van der Waals surface area contributed by atoms with Crippen LogP contribution in [0.4, 0.5) is 0 Å². The molecule has 0 radical (unpaired) electrons. The second kappa shape index (κ2) is 10.6. The summed E-state index contributed by atoms with van der Waals surface area (Å²) in [4.78, 5) is 41.5. The van der Waals surface area contributed by atoms with Gasteiger partial charge < -0.3 is 10.2 Å². The van der Waals surface area contributed by atoms with E-state index in [-0.39, 0.29) is 17.7 Å². The molecule has 190 valence electrons. The Morgan fingerprint density at radius 2 is 1.83 bits per heavy atom. The Balaban J connectivity index is 1.00. The van der Waals surface area contributed by atoms with E-state index in [4.69, 9.17) is 0 Å². The molecular weight excluding hydrogens is 458 g/mol. The lowest BCUT2D eigenvalue weighted by Gasteiger charge is -2.54. The predicted molar refractivity (Wildman–Crippen MR) is 138 cm³/mol. The number of nitrogens with zero attached hydrogens (tertiary/aromatic N) is 2. The van der Waals surface area contributed by atoms with Crippen molar-refractivity contribution in [2.24, 2.45) is 5.41 Å². The fourth-order valence-electron chi connectivity index (χ4n) is 6.36. The molecule has 1 aromatic carbocycles. The highest BCUT2D eigenvalue weighted by Crippen LogP contribution is 2.55. The number of benzene rings is 1. The molecule has 3 fully saturated rings. The third-order valence-corrected chi connectivity index (χ3v) is 9.92. The highest BCUT2D eigenvalue weighted by atomic mass is 32.2. The lowest BCUT2D eigenvalue weighted by Crippen LogP contribution is -2.53. The summed E-state index contributed by atoms with van der Waals surface area (Å²) in [5.41, 5.74) is 2.52. The second-order valence-corrected chi connectivity index (χ2v) is 12.2. The van der Waals surface area contributed by atoms with Gasteiger partial charge in [0.2, 0.25) is 5.91 Å². The third-order valence-electron chi connectivity index (χ3n) is 8.74. The third kappa shape index (κ3) is 5.17. The molecule has 1 aromatic rings. The van der Waals surface area contributed by atoms with Gasteiger partial charge in [-0.1, -0.05) is 31.7 Å². The molecular formula is C28H39N3O3S. The van der Waals surface area contributed by atoms with Gasteiger partial charge in [-0.15, -0.1) is 11.8 Å². The molecule has 2 aliphatic heterocycles. The Bertz CT molecular complexity index is 968. The lowest BCUT2D eigenvalue weighted by molar-refractivity contribution is -0.150. The van der Waals surface area contributed by atoms with Crippen molar-refractivity contribution in [3.63, 3.8) is 0 Å². The number of carbonyl (C=O) groups excluding carboxylic acids is 3. The summed E-state index contributed by atoms with van der Waals surface area (Å²) in [5, 5.41) is 3.75. The SMILES string of the molecule is CN1C(=O)CCC(N2Cc3c(SCCCCCCCNC4CC5(CCC5)C4)cccc3C2=O)C1=O. The smallest absolute Gasteiger partial charge is 0.255 e. The average molecular weight is 498 g/mol. The molecule has 1 N–H and O–H groups in total. The molecule has 1 spiro atoms. The zero-order valence-corrected chi connectivity index (χ0v) is 21.8. The molecule has 1 unspecified atom stereocenters. The van der Waals surface area contributed by atoms with Crippen molar-refractivity contribution in [2.75, 3.05) is 19.3 Å². The molecule has 7 heteroatoms. The van der Waals surface area contributed by atoms with Crippen molar-refractivity contribution < 1.29 is 14.4 Å². The number of piperidine rings is 1. The number of nitrogens with one attached hydrogen (secondary N) is 1. The fourth-order valence-corrected chi connectivity index (χ4v) is 7.45. The first-order valence-electron chi connectivity index (χ1n) is 13.6. The molecule has 2 saturated carbocycles. The maximum atomic E-state index is 13.1. The minimum Gasteiger partial charge on any atom is -0.322 e. The van der Waals surface area contributed by atoms with Gasteiger partial charge in [0.15, 0.2) is 0 Å². The van der Waals surface area contributed by atoms with Crippen LogP contribution in [0.15, 0.2) is 23.1 Å². The van der Waals surface area contributed by atoms with Gasteiger partial charge in [-0.05, 0) is 80.4 Å². The fraction of sp³-hybridized carbons (Fsp3) is 0.679. The van der Waals surface area contributed by atoms with Gasteiger partial charge in [0.25, 0.3) is 11.8 Å². The monoisotopic (exact) mass is 497 g/mol. The van der Waals surface area contributed by atoms with Crippen molar-refractivity contribution in [1.82, 2.24) is 15.1 Å². The lowest BCUT2D eigenvalue weighted by atomic mass is 9.54. The summed E-state index contributed by atoms with van der Waals surface area (Å²) < 4.78 is 0. The number of hydrogen-bond donors (Lipinski definition) is 1. The number of likely N-dealkylation sites (N-methyl/N-ethyl adjacent to an activating group) is 1. The Morgan fingerprint density at radius 1 is 1.06 bits per heavy atom. The van der Waals surface area contributed by atoms with Crippen LogP contribution >= 0.6 is 11.8 Å². The Kier molecular flexibility index (Phi) is 7.54. The molecule has 35 heavy (non-hydrogen) atoms. The Labute approximate surface area is 213 Å². The van der Waals surface area contributed by atoms with Crippen molar-refractivity contribution in [1.29, 1.82) is 0 Å². The number of thioether (sulfide) groups is 1. The average Bonchev–Trinajstić information content (AvgIpc) is 3.13. The normalized spacial score (nSPS) is 23.6. The van der Waals surface area contributed by atoms with Crippen LogP contribution in [0.2, 0.25) is 0 Å². The van der Waals surface area contributed by atoms with Gasteiger partial charge in [-0.3, -0.25) is 19.3 Å². The molecule has 1 saturated heterocycles. The molecule has 2 aliphatic carbocycles. The van der Waals surface area contributed by atoms with Crippen LogP contribution < -0.4 is 5.32 Å². The Morgan fingerprint density at radius 3 is 2.60 bits per heavy atom. The largest absolute Gasteiger partial charge is 0.322 e. The number of rotatable bonds is 11. The summed E-state index contributed by atoms with van der Waals surface area (Å²) in [6, 6.07) is 6.17. The number of unbranched alkanes of at least 4 members (excludes halogenated alkanes) is 4. The zero-order valence-electron chi connectivity index (χ0n) is 21.0. The van der Waals surface area contributed by atoms with Crippen molar-refractivity contribution in [3.8, 4) is 0 Å². The van der Waals surface area contributed by atoms with Gasteiger partial charge in [0.1, 0.15) is 6.04 Å². The number of hydrogen-bond acceptors (Lipinski definition) is 5. The molecule has 1 atom stereocenters. The molecule has 0 bridgehead atoms. The Hall–Kier alpha value is -1.86. The van der Waals surface area contributed by atoms with Crippen molar-refractivity contribution in [3.05, 3.63) is 29.3 Å². The maximum Gasteiger partial charge on any atom is 0.255 e. The van der Waals surface area contributed by atoms with E-state index in [1.54, 1.807) is 4.90 Å². The summed E-state index contributed by atoms with van der Waals surface area (Å²) in [5.74, 6) is 0.541. The highest BCUT2D eigenvalue weighted by molar-refractivity contribution is 7.99. The van der Waals surface area contributed by atoms with Crippen molar-refractivity contribution in [2.45, 2.75) is 101 Å². The van der Waals surface area contributed by atoms with E-state index in [1.807, 2.05) is 23.9 Å². The molecule has 6 nitrogen and oxygen atoms in total. The minimum atomic E-state index is -0.534. The minimum absolute atomic E-state index is 0.0816. The van der Waals surface area contributed by atoms with Crippen LogP contribution in [-0.4, -0.2) is 59.0 Å². The van der Waals surface area contributed by atoms with Gasteiger partial charge in [-0.2, -0.15) is 0 Å². The topological polar surface area (TPSA) is 69.7 Å². The number of imide groups is 1. The zero-order chi connectivity index (χ0) is 24.4. The van der Waals surface area contributed by atoms with Crippen molar-refractivity contribution >= 4 is 29.5 Å². The maximum absolute atomic E-state index is 13.1. The second-order valence-electron chi connectivity index (χ2n) is 11.1. The standard InChI is InChI=1S/C28H39N3O3S/c1-30-25(32)12-11-23(27(30)34)31-19-22-21(26(31)33)9-7-10-24(22)35-16-6-4-2-3-5-15-29-20-17-28(18-20)13-8-14-28/h7,9-10,20,23,29H,2-6,8,11-19H2,1H3. The highest BCUT2D eigenvalue weighted by Gasteiger charge is 2.47. The van der Waals surface area contributed by atoms with E-state index in [1.165, 1.54) is 82.7 Å². The number of fused-ring (bicyclic) bond motifs is 1. The number of amides is 3. The van der Waals surface area contributed by atoms with Crippen LogP contribution in [-0.2, 0) is 16.1 Å². The summed E-state index contributed by atoms with van der Waals surface area (Å²) in [6.07, 6.45) is 14.3. The van der Waals surface area contributed by atoms with Crippen LogP contribution in [0, 0.1) is 5.41 Å². The summed E-state index contributed by atoms with van der Waals surface area (Å²) in [7, 11) is 1.51. The molecule has 3 amide bonds. The first-order valence-corrected chi connectivity index (χ1v) is 14.6. The van der Waals surface area contributed by atoms with E-state index in [0.29, 0.717) is 24.9 Å². The predicted octanol–water partition coefficient (Wildman–Crippen LogP) is 4.75. The molecule has 4 aliphatic rings. The van der Waals surface area contributed by atoms with Gasteiger partial charge in [-0.25, -0.2) is 0 Å². The first kappa shape index (κ1) is 24.8. The molecule has 5 rings (SSSR count). The number of carbonyl (C=O) groups is 3. The van der Waals surface area contributed by atoms with Crippen LogP contribution in [0.1, 0.15) is 93.0 Å². The molecule has 2 heterocycles.